The van der Waals surface area contributed by atoms with Crippen molar-refractivity contribution in [3.05, 3.63) is 325 Å². The molecule has 466 valence electrons. The van der Waals surface area contributed by atoms with Gasteiger partial charge in [-0.25, -0.2) is 12.3 Å². The molecule has 91 heavy (non-hydrogen) atoms. The molecule has 0 fully saturated rings. The van der Waals surface area contributed by atoms with E-state index in [-0.39, 0.29) is 144 Å². The Bertz CT molecular complexity index is 3440. The molecule has 0 spiro atoms. The number of nitrogens with zero attached hydrogens (tertiary/aromatic N) is 7. The predicted octanol–water partition coefficient (Wildman–Crippen LogP) is 26.4. The van der Waals surface area contributed by atoms with E-state index in [1.165, 1.54) is 44.5 Å². The number of para-hydroxylation sites is 8. The fourth-order valence-corrected chi connectivity index (χ4v) is 10.9. The van der Waals surface area contributed by atoms with Crippen LogP contribution >= 0.6 is 0 Å². The third-order valence-corrected chi connectivity index (χ3v) is 15.6. The van der Waals surface area contributed by atoms with Crippen molar-refractivity contribution in [2.24, 2.45) is 0 Å². The summed E-state index contributed by atoms with van der Waals surface area (Å²) in [5.74, 6) is 1.77. The van der Waals surface area contributed by atoms with Gasteiger partial charge in [0.15, 0.2) is 0 Å². The molecule has 10 aromatic rings. The van der Waals surface area contributed by atoms with Gasteiger partial charge in [0, 0.05) is 142 Å². The molecule has 7 nitrogen and oxygen atoms in total. The first kappa shape index (κ1) is 76.6. The number of hydrogen-bond acceptors (Lipinski definition) is 1. The van der Waals surface area contributed by atoms with Crippen LogP contribution in [0, 0.1) is 153 Å². The summed E-state index contributed by atoms with van der Waals surface area (Å²) >= 11 is 0. The van der Waals surface area contributed by atoms with Crippen molar-refractivity contribution in [2.75, 3.05) is 4.90 Å². The van der Waals surface area contributed by atoms with Gasteiger partial charge in [0.1, 0.15) is 0 Å². The van der Waals surface area contributed by atoms with Crippen molar-refractivity contribution >= 4 is 51.2 Å². The van der Waals surface area contributed by atoms with E-state index in [2.05, 4.69) is 265 Å². The Morgan fingerprint density at radius 3 is 0.824 bits per heavy atom. The molecular weight excluding hydrogens is 1490 g/mol. The number of aryl methyl sites for hydroxylation is 4. The molecular formula is C81H89Ce3N7-6. The maximum Gasteiger partial charge on any atom is 0.0462 e. The molecule has 0 aliphatic rings. The van der Waals surface area contributed by atoms with Gasteiger partial charge in [-0.1, -0.05) is 326 Å². The van der Waals surface area contributed by atoms with Crippen molar-refractivity contribution in [3.63, 3.8) is 0 Å². The number of rotatable bonds is 21. The van der Waals surface area contributed by atoms with Gasteiger partial charge in [0.2, 0.25) is 0 Å². The van der Waals surface area contributed by atoms with Crippen LogP contribution in [-0.4, -0.2) is 12.3 Å². The molecule has 0 saturated heterocycles. The summed E-state index contributed by atoms with van der Waals surface area (Å²) in [6.07, 6.45) is -0.518. The minimum atomic E-state index is -0.327. The largest absolute Gasteiger partial charge is 0.696 e. The summed E-state index contributed by atoms with van der Waals surface area (Å²) in [7, 11) is 0. The van der Waals surface area contributed by atoms with Gasteiger partial charge in [0.05, 0.1) is 0 Å². The molecule has 10 rings (SSSR count). The zero-order chi connectivity index (χ0) is 62.7. The van der Waals surface area contributed by atoms with E-state index in [1.54, 1.807) is 0 Å². The van der Waals surface area contributed by atoms with Crippen LogP contribution < -0.4 is 4.90 Å². The van der Waals surface area contributed by atoms with Crippen LogP contribution in [0.5, 0.6) is 0 Å². The Balaban J connectivity index is 0.000000259. The molecule has 0 aliphatic carbocycles. The van der Waals surface area contributed by atoms with Gasteiger partial charge < -0.3 is 36.8 Å². The maximum absolute atomic E-state index is 5.13. The second kappa shape index (κ2) is 38.3. The summed E-state index contributed by atoms with van der Waals surface area (Å²) in [6, 6.07) is 84.0. The Morgan fingerprint density at radius 2 is 0.516 bits per heavy atom. The monoisotopic (exact) mass is 1580 g/mol. The molecule has 0 unspecified atom stereocenters. The molecule has 0 heterocycles. The van der Waals surface area contributed by atoms with Crippen LogP contribution in [-0.2, 0) is 0 Å². The van der Waals surface area contributed by atoms with Gasteiger partial charge >= 0.3 is 0 Å². The van der Waals surface area contributed by atoms with Crippen LogP contribution in [0.2, 0.25) is 0 Å². The summed E-state index contributed by atoms with van der Waals surface area (Å²) in [6.45, 7) is 30.5. The Morgan fingerprint density at radius 1 is 0.253 bits per heavy atom. The van der Waals surface area contributed by atoms with Crippen LogP contribution in [0.4, 0.5) is 51.2 Å². The zero-order valence-corrected chi connectivity index (χ0v) is 65.2. The van der Waals surface area contributed by atoms with Crippen LogP contribution in [0.15, 0.2) is 243 Å². The molecule has 0 bridgehead atoms. The van der Waals surface area contributed by atoms with E-state index >= 15 is 0 Å². The normalized spacial score (nSPS) is 10.7. The van der Waals surface area contributed by atoms with Crippen molar-refractivity contribution < 1.29 is 125 Å². The summed E-state index contributed by atoms with van der Waals surface area (Å²) < 4.78 is 0. The van der Waals surface area contributed by atoms with Crippen LogP contribution in [0.1, 0.15) is 149 Å². The van der Waals surface area contributed by atoms with Gasteiger partial charge in [-0.05, 0) is 98.9 Å². The van der Waals surface area contributed by atoms with Crippen molar-refractivity contribution in [3.8, 4) is 11.1 Å². The average molecular weight is 1580 g/mol. The van der Waals surface area contributed by atoms with E-state index in [9.17, 15) is 0 Å². The molecule has 0 radical (unpaired) electrons. The number of hydrogen-bond donors (Lipinski definition) is 0. The summed E-state index contributed by atoms with van der Waals surface area (Å²) in [5.41, 5.74) is 23.0. The smallest absolute Gasteiger partial charge is 0.0462 e. The van der Waals surface area contributed by atoms with Gasteiger partial charge in [0.25, 0.3) is 0 Å². The van der Waals surface area contributed by atoms with Gasteiger partial charge in [-0.2, -0.15) is 6.17 Å². The first-order valence-electron chi connectivity index (χ1n) is 31.3. The molecule has 10 aromatic carbocycles. The third-order valence-electron chi connectivity index (χ3n) is 15.6. The molecule has 0 saturated carbocycles. The first-order chi connectivity index (χ1) is 42.4. The zero-order valence-electron chi connectivity index (χ0n) is 55.8. The van der Waals surface area contributed by atoms with Crippen LogP contribution in [0.3, 0.4) is 0 Å². The second-order valence-corrected chi connectivity index (χ2v) is 23.9. The van der Waals surface area contributed by atoms with Crippen molar-refractivity contribution in [1.82, 2.24) is 0 Å². The molecule has 0 aromatic heterocycles. The van der Waals surface area contributed by atoms with Crippen molar-refractivity contribution in [1.29, 1.82) is 0 Å². The fourth-order valence-electron chi connectivity index (χ4n) is 10.9. The molecule has 0 N–H and O–H groups in total. The minimum Gasteiger partial charge on any atom is -0.696 e. The van der Waals surface area contributed by atoms with E-state index in [4.69, 9.17) is 31.9 Å². The molecule has 0 amide bonds. The Kier molecular flexibility index (Phi) is 32.3. The molecule has 0 atom stereocenters. The molecule has 10 heteroatoms. The third kappa shape index (κ3) is 22.0. The minimum absolute atomic E-state index is 0. The standard InChI is InChI=1S/C37H29N3.C26H38N2.C18H22N2.3Ce/c1-5-13-32(14-6-1)38-37(39-33-15-7-2-8-16-33)31-23-21-29(22-24-31)30-25-27-36(28-26-30)40(34-17-9-3-10-18-34)35-19-11-4-12-20-35;1-16(2)21-12-10-13-22(17(3)4)25(21)27-20(9)28-26-23(18(5)6)14-11-15-24(26)19(7)8;1-12-8-6-9-13(2)17(12)19-16(5)20-18-14(3)10-7-11-15(18)4;;;/h1-28,37H;10-20H,1-9H3;6-11,16H,1-5H3;;;/q3*-2;;;. The fraction of sp³-hybridized carbons (Fsp3) is 0.259. The van der Waals surface area contributed by atoms with Gasteiger partial charge in [-0.3, -0.25) is 0 Å². The Hall–Kier alpha value is -5.07. The first-order valence-corrected chi connectivity index (χ1v) is 31.3. The van der Waals surface area contributed by atoms with E-state index in [0.29, 0.717) is 23.7 Å². The Labute approximate surface area is 647 Å². The summed E-state index contributed by atoms with van der Waals surface area (Å²) in [4.78, 5) is 2.27. The summed E-state index contributed by atoms with van der Waals surface area (Å²) in [5, 5.41) is 29.7. The quantitative estimate of drug-likeness (QED) is 0.0705. The van der Waals surface area contributed by atoms with E-state index in [1.807, 2.05) is 79.7 Å². The average Bonchev–Trinajstić information content (AvgIpc) is 2.20. The second-order valence-electron chi connectivity index (χ2n) is 23.9. The SMILES string of the molecule is CC([N-]c1c(C(C)C)cccc1C(C)C)[N-]c1c(C(C)C)cccc1C(C)C.Cc1cccc(C)c1[N-]C(C)[N-]c1c(C)cccc1C.[Ce].[Ce].[Ce].c1ccc([N-]C([N-]c2ccccc2)c2ccc(-c3ccc(N(c4ccccc4)c4ccccc4)cc3)cc2)cc1. The molecule has 0 aliphatic heterocycles. The van der Waals surface area contributed by atoms with Crippen LogP contribution in [0.25, 0.3) is 43.0 Å². The topological polar surface area (TPSA) is 87.8 Å². The predicted molar refractivity (Wildman–Crippen MR) is 380 cm³/mol. The number of anilines is 3. The maximum atomic E-state index is 5.13. The van der Waals surface area contributed by atoms with E-state index in [0.717, 1.165) is 67.9 Å². The van der Waals surface area contributed by atoms with E-state index < -0.39 is 0 Å². The number of benzene rings is 10. The van der Waals surface area contributed by atoms with Gasteiger partial charge in [-0.15, -0.1) is 34.1 Å². The van der Waals surface area contributed by atoms with Crippen molar-refractivity contribution in [2.45, 2.75) is 139 Å².